The number of carbonyl (C=O) groups excluding carboxylic acids is 1. The van der Waals surface area contributed by atoms with Crippen molar-refractivity contribution >= 4 is 17.4 Å². The van der Waals surface area contributed by atoms with Crippen LogP contribution in [0, 0.1) is 5.82 Å². The van der Waals surface area contributed by atoms with Crippen LogP contribution in [-0.2, 0) is 38.8 Å². The fourth-order valence-corrected chi connectivity index (χ4v) is 5.31. The van der Waals surface area contributed by atoms with Crippen LogP contribution in [0.25, 0.3) is 0 Å². The van der Waals surface area contributed by atoms with Crippen LogP contribution in [0.2, 0.25) is 0 Å². The van der Waals surface area contributed by atoms with Gasteiger partial charge in [-0.05, 0) is 28.2 Å². The number of rotatable bonds is 12. The number of amides is 1. The van der Waals surface area contributed by atoms with E-state index in [0.717, 1.165) is 28.2 Å². The first-order valence-corrected chi connectivity index (χ1v) is 13.4. The Balaban J connectivity index is 1.41. The summed E-state index contributed by atoms with van der Waals surface area (Å²) in [5, 5.41) is 0. The highest BCUT2D eigenvalue weighted by atomic mass is 32.1. The molecule has 1 aliphatic rings. The van der Waals surface area contributed by atoms with E-state index >= 15 is 4.39 Å². The number of carbonyl (C=O) groups is 1. The van der Waals surface area contributed by atoms with Crippen molar-refractivity contribution < 1.29 is 28.1 Å². The van der Waals surface area contributed by atoms with E-state index in [1.54, 1.807) is 0 Å². The minimum absolute atomic E-state index is 0.140. The van der Waals surface area contributed by atoms with Gasteiger partial charge in [-0.3, -0.25) is 4.79 Å². The van der Waals surface area contributed by atoms with Gasteiger partial charge in [0.25, 0.3) is 5.91 Å². The summed E-state index contributed by atoms with van der Waals surface area (Å²) in [6, 6.07) is 29.2. The van der Waals surface area contributed by atoms with E-state index in [-0.39, 0.29) is 18.1 Å². The number of aromatic nitrogens is 1. The maximum atomic E-state index is 15.3. The average Bonchev–Trinajstić information content (AvgIpc) is 3.52. The molecule has 1 aromatic heterocycles. The van der Waals surface area contributed by atoms with Crippen LogP contribution in [0.1, 0.15) is 38.2 Å². The molecule has 3 aromatic carbocycles. The Morgan fingerprint density at radius 3 is 1.85 bits per heavy atom. The minimum atomic E-state index is -0.936. The summed E-state index contributed by atoms with van der Waals surface area (Å²) >= 11 is 0.839. The van der Waals surface area contributed by atoms with Gasteiger partial charge in [0.15, 0.2) is 11.5 Å². The van der Waals surface area contributed by atoms with Gasteiger partial charge in [0.1, 0.15) is 24.4 Å². The first-order chi connectivity index (χ1) is 19.1. The van der Waals surface area contributed by atoms with E-state index in [1.165, 1.54) is 0 Å². The Morgan fingerprint density at radius 1 is 0.821 bits per heavy atom. The molecule has 0 bridgehead atoms. The van der Waals surface area contributed by atoms with Gasteiger partial charge in [-0.1, -0.05) is 91.0 Å². The number of nitrogens with zero attached hydrogens (tertiary/aromatic N) is 1. The summed E-state index contributed by atoms with van der Waals surface area (Å²) in [5.41, 5.74) is 7.87. The predicted octanol–water partition coefficient (Wildman–Crippen LogP) is 5.21. The van der Waals surface area contributed by atoms with Crippen molar-refractivity contribution in [3.8, 4) is 0 Å². The Labute approximate surface area is 230 Å². The number of halogens is 1. The highest BCUT2D eigenvalue weighted by molar-refractivity contribution is 7.06. The lowest BCUT2D eigenvalue weighted by Crippen LogP contribution is -2.37. The quantitative estimate of drug-likeness (QED) is 0.261. The molecule has 2 heterocycles. The Kier molecular flexibility index (Phi) is 9.08. The molecule has 7 nitrogen and oxygen atoms in total. The first-order valence-electron chi connectivity index (χ1n) is 12.6. The van der Waals surface area contributed by atoms with Crippen molar-refractivity contribution in [2.45, 2.75) is 44.2 Å². The number of benzene rings is 3. The van der Waals surface area contributed by atoms with Crippen molar-refractivity contribution in [2.24, 2.45) is 5.73 Å². The third-order valence-electron chi connectivity index (χ3n) is 6.43. The maximum absolute atomic E-state index is 15.3. The zero-order chi connectivity index (χ0) is 27.0. The monoisotopic (exact) mass is 548 g/mol. The summed E-state index contributed by atoms with van der Waals surface area (Å²) in [6.07, 6.45) is -2.73. The lowest BCUT2D eigenvalue weighted by atomic mass is 10.1. The predicted molar refractivity (Wildman–Crippen MR) is 144 cm³/mol. The SMILES string of the molecule is NC(=O)c1nsc([C@@H]2O[C@H](COCc3ccccc3)[C@@H](OCc3ccccc3)[C@H]2OCc2ccccc2)c1F. The topological polar surface area (TPSA) is 92.9 Å². The van der Waals surface area contributed by atoms with Gasteiger partial charge in [0.05, 0.1) is 31.3 Å². The molecule has 5 rings (SSSR count). The average molecular weight is 549 g/mol. The molecule has 0 unspecified atom stereocenters. The molecule has 1 fully saturated rings. The normalized spacial score (nSPS) is 20.7. The summed E-state index contributed by atoms with van der Waals surface area (Å²) in [4.78, 5) is 11.9. The van der Waals surface area contributed by atoms with Crippen LogP contribution in [0.5, 0.6) is 0 Å². The Morgan fingerprint density at radius 2 is 1.33 bits per heavy atom. The third-order valence-corrected chi connectivity index (χ3v) is 7.31. The van der Waals surface area contributed by atoms with Crippen molar-refractivity contribution in [3.05, 3.63) is 124 Å². The number of ether oxygens (including phenoxy) is 4. The summed E-state index contributed by atoms with van der Waals surface area (Å²) in [6.45, 7) is 1.14. The molecule has 1 aliphatic heterocycles. The lowest BCUT2D eigenvalue weighted by molar-refractivity contribution is -0.0898. The summed E-state index contributed by atoms with van der Waals surface area (Å²) in [5.74, 6) is -1.73. The van der Waals surface area contributed by atoms with Crippen LogP contribution < -0.4 is 5.73 Å². The first kappa shape index (κ1) is 27.1. The molecule has 4 aromatic rings. The molecular formula is C30H29FN2O5S. The second kappa shape index (κ2) is 13.1. The minimum Gasteiger partial charge on any atom is -0.374 e. The van der Waals surface area contributed by atoms with Gasteiger partial charge in [-0.15, -0.1) is 0 Å². The molecule has 0 spiro atoms. The van der Waals surface area contributed by atoms with Crippen LogP contribution in [-0.4, -0.2) is 35.2 Å². The molecule has 1 saturated heterocycles. The molecule has 2 N–H and O–H groups in total. The van der Waals surface area contributed by atoms with Crippen LogP contribution >= 0.6 is 11.5 Å². The van der Waals surface area contributed by atoms with Crippen molar-refractivity contribution in [2.75, 3.05) is 6.61 Å². The van der Waals surface area contributed by atoms with Gasteiger partial charge in [-0.25, -0.2) is 4.39 Å². The molecule has 202 valence electrons. The molecule has 0 saturated carbocycles. The van der Waals surface area contributed by atoms with E-state index in [0.29, 0.717) is 13.2 Å². The van der Waals surface area contributed by atoms with Gasteiger partial charge in [0, 0.05) is 0 Å². The van der Waals surface area contributed by atoms with Crippen LogP contribution in [0.15, 0.2) is 91.0 Å². The number of primary amides is 1. The fourth-order valence-electron chi connectivity index (χ4n) is 4.48. The standard InChI is InChI=1S/C30H29FN2O5S/c31-24-25(30(32)34)33-39-29(24)28-27(37-18-22-14-8-3-9-15-22)26(36-17-21-12-6-2-7-13-21)23(38-28)19-35-16-20-10-4-1-5-11-20/h1-15,23,26-28H,16-19H2,(H2,32,34)/t23-,26-,27-,28-/m1/s1. The zero-order valence-corrected chi connectivity index (χ0v) is 22.0. The lowest BCUT2D eigenvalue weighted by Gasteiger charge is -2.25. The molecule has 39 heavy (non-hydrogen) atoms. The van der Waals surface area contributed by atoms with Crippen molar-refractivity contribution in [1.82, 2.24) is 4.37 Å². The second-order valence-electron chi connectivity index (χ2n) is 9.19. The fraction of sp³-hybridized carbons (Fsp3) is 0.267. The summed E-state index contributed by atoms with van der Waals surface area (Å²) < 4.78 is 44.4. The molecule has 0 radical (unpaired) electrons. The zero-order valence-electron chi connectivity index (χ0n) is 21.2. The summed E-state index contributed by atoms with van der Waals surface area (Å²) in [7, 11) is 0. The Hall–Kier alpha value is -3.47. The molecule has 4 atom stereocenters. The van der Waals surface area contributed by atoms with E-state index in [9.17, 15) is 4.79 Å². The highest BCUT2D eigenvalue weighted by Crippen LogP contribution is 2.41. The number of hydrogen-bond donors (Lipinski definition) is 1. The third kappa shape index (κ3) is 6.76. The van der Waals surface area contributed by atoms with Gasteiger partial charge >= 0.3 is 0 Å². The van der Waals surface area contributed by atoms with Crippen LogP contribution in [0.3, 0.4) is 0 Å². The van der Waals surface area contributed by atoms with Gasteiger partial charge in [0.2, 0.25) is 0 Å². The maximum Gasteiger partial charge on any atom is 0.271 e. The van der Waals surface area contributed by atoms with Crippen LogP contribution in [0.4, 0.5) is 4.39 Å². The highest BCUT2D eigenvalue weighted by Gasteiger charge is 2.49. The van der Waals surface area contributed by atoms with Crippen molar-refractivity contribution in [3.63, 3.8) is 0 Å². The van der Waals surface area contributed by atoms with E-state index < -0.39 is 41.8 Å². The van der Waals surface area contributed by atoms with Crippen molar-refractivity contribution in [1.29, 1.82) is 0 Å². The van der Waals surface area contributed by atoms with E-state index in [2.05, 4.69) is 4.37 Å². The largest absolute Gasteiger partial charge is 0.374 e. The van der Waals surface area contributed by atoms with Gasteiger partial charge in [-0.2, -0.15) is 4.37 Å². The van der Waals surface area contributed by atoms with E-state index in [1.807, 2.05) is 91.0 Å². The molecule has 9 heteroatoms. The molecule has 1 amide bonds. The molecule has 0 aliphatic carbocycles. The number of nitrogens with two attached hydrogens (primary N) is 1. The molecular weight excluding hydrogens is 519 g/mol. The number of hydrogen-bond acceptors (Lipinski definition) is 7. The van der Waals surface area contributed by atoms with E-state index in [4.69, 9.17) is 24.7 Å². The second-order valence-corrected chi connectivity index (χ2v) is 10.00. The smallest absolute Gasteiger partial charge is 0.271 e. The Bertz CT molecular complexity index is 1340. The van der Waals surface area contributed by atoms with Gasteiger partial charge < -0.3 is 24.7 Å².